The van der Waals surface area contributed by atoms with Crippen LogP contribution in [0.4, 0.5) is 11.4 Å². The van der Waals surface area contributed by atoms with E-state index in [9.17, 15) is 14.9 Å². The number of ether oxygens (including phenoxy) is 2. The van der Waals surface area contributed by atoms with Crippen LogP contribution in [-0.2, 0) is 0 Å². The Kier molecular flexibility index (Phi) is 5.14. The van der Waals surface area contributed by atoms with E-state index in [-0.39, 0.29) is 5.69 Å². The Balaban J connectivity index is 2.22. The molecule has 0 saturated heterocycles. The number of non-ortho nitro benzene ring substituents is 1. The lowest BCUT2D eigenvalue weighted by atomic mass is 10.1. The summed E-state index contributed by atoms with van der Waals surface area (Å²) in [5.74, 6) is 0.592. The quantitative estimate of drug-likeness (QED) is 0.652. The van der Waals surface area contributed by atoms with Crippen LogP contribution in [0.15, 0.2) is 42.5 Å². The molecule has 7 heteroatoms. The van der Waals surface area contributed by atoms with E-state index in [4.69, 9.17) is 9.47 Å². The number of carbonyl (C=O) groups excluding carboxylic acids is 1. The van der Waals surface area contributed by atoms with E-state index in [1.807, 2.05) is 6.92 Å². The van der Waals surface area contributed by atoms with Gasteiger partial charge in [-0.05, 0) is 31.2 Å². The molecule has 0 fully saturated rings. The number of nitro groups is 1. The van der Waals surface area contributed by atoms with Gasteiger partial charge in [0, 0.05) is 23.4 Å². The zero-order chi connectivity index (χ0) is 16.8. The molecule has 2 aromatic rings. The van der Waals surface area contributed by atoms with E-state index >= 15 is 0 Å². The van der Waals surface area contributed by atoms with Crippen LogP contribution in [0.5, 0.6) is 11.5 Å². The Morgan fingerprint density at radius 2 is 2.00 bits per heavy atom. The van der Waals surface area contributed by atoms with E-state index in [2.05, 4.69) is 5.32 Å². The SMILES string of the molecule is CCOc1cc(C(=O)Nc2cccc([N+](=O)[O-])c2)ccc1OC. The zero-order valence-electron chi connectivity index (χ0n) is 12.7. The van der Waals surface area contributed by atoms with Crippen LogP contribution >= 0.6 is 0 Å². The Labute approximate surface area is 133 Å². The van der Waals surface area contributed by atoms with E-state index in [1.165, 1.54) is 25.3 Å². The van der Waals surface area contributed by atoms with Gasteiger partial charge in [0.1, 0.15) is 0 Å². The largest absolute Gasteiger partial charge is 0.493 e. The summed E-state index contributed by atoms with van der Waals surface area (Å²) in [4.78, 5) is 22.5. The molecule has 0 heterocycles. The maximum Gasteiger partial charge on any atom is 0.271 e. The van der Waals surface area contributed by atoms with Gasteiger partial charge in [-0.2, -0.15) is 0 Å². The van der Waals surface area contributed by atoms with Crippen LogP contribution in [0.25, 0.3) is 0 Å². The maximum atomic E-state index is 12.3. The minimum atomic E-state index is -0.518. The van der Waals surface area contributed by atoms with Crippen molar-refractivity contribution in [3.05, 3.63) is 58.1 Å². The predicted molar refractivity (Wildman–Crippen MR) is 85.2 cm³/mol. The highest BCUT2D eigenvalue weighted by molar-refractivity contribution is 6.04. The van der Waals surface area contributed by atoms with Gasteiger partial charge in [0.25, 0.3) is 11.6 Å². The summed E-state index contributed by atoms with van der Waals surface area (Å²) in [7, 11) is 1.51. The normalized spacial score (nSPS) is 10.0. The summed E-state index contributed by atoms with van der Waals surface area (Å²) in [5, 5.41) is 13.4. The first-order chi connectivity index (χ1) is 11.0. The van der Waals surface area contributed by atoms with E-state index in [1.54, 1.807) is 24.3 Å². The van der Waals surface area contributed by atoms with Gasteiger partial charge in [-0.25, -0.2) is 0 Å². The average molecular weight is 316 g/mol. The summed E-state index contributed by atoms with van der Waals surface area (Å²) in [6.07, 6.45) is 0. The van der Waals surface area contributed by atoms with Crippen molar-refractivity contribution >= 4 is 17.3 Å². The van der Waals surface area contributed by atoms with Gasteiger partial charge >= 0.3 is 0 Å². The van der Waals surface area contributed by atoms with Crippen molar-refractivity contribution in [2.45, 2.75) is 6.92 Å². The molecule has 0 saturated carbocycles. The summed E-state index contributed by atoms with van der Waals surface area (Å²) >= 11 is 0. The second-order valence-corrected chi connectivity index (χ2v) is 4.56. The zero-order valence-corrected chi connectivity index (χ0v) is 12.7. The van der Waals surface area contributed by atoms with Gasteiger partial charge in [-0.15, -0.1) is 0 Å². The smallest absolute Gasteiger partial charge is 0.271 e. The lowest BCUT2D eigenvalue weighted by molar-refractivity contribution is -0.384. The lowest BCUT2D eigenvalue weighted by Gasteiger charge is -2.11. The molecule has 120 valence electrons. The number of nitrogens with one attached hydrogen (secondary N) is 1. The topological polar surface area (TPSA) is 90.7 Å². The number of hydrogen-bond donors (Lipinski definition) is 1. The molecule has 0 unspecified atom stereocenters. The third-order valence-corrected chi connectivity index (χ3v) is 3.04. The summed E-state index contributed by atoms with van der Waals surface area (Å²) in [6, 6.07) is 10.5. The fraction of sp³-hybridized carbons (Fsp3) is 0.188. The first-order valence-corrected chi connectivity index (χ1v) is 6.91. The number of carbonyl (C=O) groups is 1. The fourth-order valence-corrected chi connectivity index (χ4v) is 1.99. The molecule has 0 aromatic heterocycles. The van der Waals surface area contributed by atoms with Crippen molar-refractivity contribution in [3.63, 3.8) is 0 Å². The standard InChI is InChI=1S/C16H16N2O5/c1-3-23-15-9-11(7-8-14(15)22-2)16(19)17-12-5-4-6-13(10-12)18(20)21/h4-10H,3H2,1-2H3,(H,17,19). The first-order valence-electron chi connectivity index (χ1n) is 6.91. The molecule has 7 nitrogen and oxygen atoms in total. The minimum Gasteiger partial charge on any atom is -0.493 e. The van der Waals surface area contributed by atoms with Crippen LogP contribution < -0.4 is 14.8 Å². The predicted octanol–water partition coefficient (Wildman–Crippen LogP) is 3.25. The monoisotopic (exact) mass is 316 g/mol. The third kappa shape index (κ3) is 3.97. The van der Waals surface area contributed by atoms with Crippen LogP contribution in [0, 0.1) is 10.1 Å². The maximum absolute atomic E-state index is 12.3. The number of methoxy groups -OCH3 is 1. The molecule has 1 amide bonds. The van der Waals surface area contributed by atoms with Gasteiger partial charge in [0.05, 0.1) is 18.6 Å². The number of hydrogen-bond acceptors (Lipinski definition) is 5. The second-order valence-electron chi connectivity index (χ2n) is 4.56. The van der Waals surface area contributed by atoms with Crippen molar-refractivity contribution in [2.75, 3.05) is 19.0 Å². The highest BCUT2D eigenvalue weighted by atomic mass is 16.6. The molecule has 0 aliphatic carbocycles. The molecule has 2 aromatic carbocycles. The Morgan fingerprint density at radius 1 is 1.22 bits per heavy atom. The van der Waals surface area contributed by atoms with Crippen LogP contribution in [0.3, 0.4) is 0 Å². The molecule has 0 aliphatic rings. The number of anilines is 1. The third-order valence-electron chi connectivity index (χ3n) is 3.04. The first kappa shape index (κ1) is 16.3. The molecule has 1 N–H and O–H groups in total. The minimum absolute atomic E-state index is 0.0902. The van der Waals surface area contributed by atoms with Crippen molar-refractivity contribution in [1.82, 2.24) is 0 Å². The van der Waals surface area contributed by atoms with Gasteiger partial charge in [-0.1, -0.05) is 6.07 Å². The number of nitro benzene ring substituents is 1. The lowest BCUT2D eigenvalue weighted by Crippen LogP contribution is -2.12. The number of benzene rings is 2. The van der Waals surface area contributed by atoms with E-state index in [0.29, 0.717) is 29.4 Å². The van der Waals surface area contributed by atoms with Crippen LogP contribution in [-0.4, -0.2) is 24.5 Å². The number of amides is 1. The summed E-state index contributed by atoms with van der Waals surface area (Å²) in [6.45, 7) is 2.27. The molecule has 2 rings (SSSR count). The van der Waals surface area contributed by atoms with Crippen LogP contribution in [0.1, 0.15) is 17.3 Å². The second kappa shape index (κ2) is 7.26. The summed E-state index contributed by atoms with van der Waals surface area (Å²) in [5.41, 5.74) is 0.617. The van der Waals surface area contributed by atoms with Gasteiger partial charge in [0.15, 0.2) is 11.5 Å². The molecule has 0 spiro atoms. The molecule has 23 heavy (non-hydrogen) atoms. The van der Waals surface area contributed by atoms with Crippen molar-refractivity contribution in [1.29, 1.82) is 0 Å². The van der Waals surface area contributed by atoms with Crippen LogP contribution in [0.2, 0.25) is 0 Å². The fourth-order valence-electron chi connectivity index (χ4n) is 1.99. The Hall–Kier alpha value is -3.09. The number of nitrogens with zero attached hydrogens (tertiary/aromatic N) is 1. The van der Waals surface area contributed by atoms with Gasteiger partial charge in [0.2, 0.25) is 0 Å². The molecular formula is C16H16N2O5. The van der Waals surface area contributed by atoms with Crippen molar-refractivity contribution in [2.24, 2.45) is 0 Å². The highest BCUT2D eigenvalue weighted by Crippen LogP contribution is 2.28. The highest BCUT2D eigenvalue weighted by Gasteiger charge is 2.13. The van der Waals surface area contributed by atoms with Gasteiger partial charge in [-0.3, -0.25) is 14.9 Å². The van der Waals surface area contributed by atoms with Crippen molar-refractivity contribution in [3.8, 4) is 11.5 Å². The Bertz CT molecular complexity index is 730. The molecule has 0 atom stereocenters. The molecule has 0 radical (unpaired) electrons. The van der Waals surface area contributed by atoms with E-state index < -0.39 is 10.8 Å². The molecular weight excluding hydrogens is 300 g/mol. The van der Waals surface area contributed by atoms with Crippen molar-refractivity contribution < 1.29 is 19.2 Å². The average Bonchev–Trinajstić information content (AvgIpc) is 2.55. The number of rotatable bonds is 6. The van der Waals surface area contributed by atoms with E-state index in [0.717, 1.165) is 0 Å². The molecule has 0 bridgehead atoms. The molecule has 0 aliphatic heterocycles. The Morgan fingerprint density at radius 3 is 2.65 bits per heavy atom. The van der Waals surface area contributed by atoms with Gasteiger partial charge < -0.3 is 14.8 Å². The summed E-state index contributed by atoms with van der Waals surface area (Å²) < 4.78 is 10.6.